The van der Waals surface area contributed by atoms with Crippen LogP contribution in [0.2, 0.25) is 0 Å². The normalized spacial score (nSPS) is 7.50. The molecule has 8 nitrogen and oxygen atoms in total. The molecule has 0 aliphatic heterocycles. The van der Waals surface area contributed by atoms with Crippen molar-refractivity contribution < 1.29 is 99.3 Å². The van der Waals surface area contributed by atoms with Crippen LogP contribution in [0.3, 0.4) is 0 Å². The van der Waals surface area contributed by atoms with Gasteiger partial charge in [0.2, 0.25) is 0 Å². The summed E-state index contributed by atoms with van der Waals surface area (Å²) in [6.07, 6.45) is 1.64. The summed E-state index contributed by atoms with van der Waals surface area (Å²) in [4.78, 5) is 29.0. The van der Waals surface area contributed by atoms with Crippen LogP contribution in [0.15, 0.2) is 6.08 Å². The Hall–Kier alpha value is 0.0700. The van der Waals surface area contributed by atoms with Gasteiger partial charge in [-0.05, 0) is 48.5 Å². The van der Waals surface area contributed by atoms with Crippen molar-refractivity contribution in [2.24, 2.45) is 0 Å². The Balaban J connectivity index is -0.0000000325. The van der Waals surface area contributed by atoms with Crippen molar-refractivity contribution >= 4 is 18.4 Å². The third-order valence-electron chi connectivity index (χ3n) is 1.55. The Kier molecular flexibility index (Phi) is 68.6. The van der Waals surface area contributed by atoms with Crippen LogP contribution in [0.4, 0.5) is 0 Å². The Morgan fingerprint density at radius 1 is 0.929 bits per heavy atom. The van der Waals surface area contributed by atoms with Crippen LogP contribution in [0.25, 0.3) is 0 Å². The van der Waals surface area contributed by atoms with E-state index in [1.54, 1.807) is 20.8 Å². The van der Waals surface area contributed by atoms with Crippen LogP contribution in [0, 0.1) is 6.58 Å². The summed E-state index contributed by atoms with van der Waals surface area (Å²) in [6.45, 7) is 21.3. The molecule has 0 amide bonds. The van der Waals surface area contributed by atoms with Gasteiger partial charge in [0.25, 0.3) is 6.47 Å². The van der Waals surface area contributed by atoms with Crippen LogP contribution in [-0.4, -0.2) is 55.9 Å². The molecular formula is C18H37Na2O8-. The molecule has 0 bridgehead atoms. The first-order valence-corrected chi connectivity index (χ1v) is 8.18. The molecule has 0 spiro atoms. The second kappa shape index (κ2) is 41.4. The summed E-state index contributed by atoms with van der Waals surface area (Å²) in [5.41, 5.74) is 0. The molecule has 1 N–H and O–H groups in total. The Morgan fingerprint density at radius 2 is 1.32 bits per heavy atom. The molecule has 0 radical (unpaired) electrons. The molecule has 10 heteroatoms. The minimum Gasteiger partial charge on any atom is -1.00 e. The second-order valence-electron chi connectivity index (χ2n) is 4.63. The summed E-state index contributed by atoms with van der Waals surface area (Å²) >= 11 is 0. The molecule has 0 aliphatic carbocycles. The number of esters is 2. The van der Waals surface area contributed by atoms with Crippen molar-refractivity contribution in [2.75, 3.05) is 19.8 Å². The average Bonchev–Trinajstić information content (AvgIpc) is 2.48. The molecule has 0 unspecified atom stereocenters. The van der Waals surface area contributed by atoms with Gasteiger partial charge in [0.15, 0.2) is 5.97 Å². The van der Waals surface area contributed by atoms with Crippen molar-refractivity contribution in [3.8, 4) is 0 Å². The first-order valence-electron chi connectivity index (χ1n) is 8.18. The molecule has 0 aromatic rings. The van der Waals surface area contributed by atoms with E-state index in [9.17, 15) is 14.4 Å². The topological polar surface area (TPSA) is 118 Å². The molecule has 160 valence electrons. The summed E-state index contributed by atoms with van der Waals surface area (Å²) < 4.78 is 18.2. The van der Waals surface area contributed by atoms with Gasteiger partial charge in [-0.3, -0.25) is 16.2 Å². The number of carbonyl (C=O) groups excluding carboxylic acids is 3. The van der Waals surface area contributed by atoms with E-state index < -0.39 is 5.97 Å². The van der Waals surface area contributed by atoms with E-state index in [1.807, 2.05) is 27.7 Å². The van der Waals surface area contributed by atoms with E-state index in [0.29, 0.717) is 38.5 Å². The zero-order valence-corrected chi connectivity index (χ0v) is 23.3. The van der Waals surface area contributed by atoms with Crippen LogP contribution >= 0.6 is 0 Å². The fourth-order valence-electron chi connectivity index (χ4n) is 1.01. The minimum atomic E-state index is -0.470. The monoisotopic (exact) mass is 427 g/mol. The first-order chi connectivity index (χ1) is 11.6. The summed E-state index contributed by atoms with van der Waals surface area (Å²) in [6, 6.07) is 0. The third-order valence-corrected chi connectivity index (χ3v) is 1.55. The van der Waals surface area contributed by atoms with Gasteiger partial charge in [0, 0.05) is 6.92 Å². The summed E-state index contributed by atoms with van der Waals surface area (Å²) in [5, 5.41) is 0. The SMILES string of the molecule is CC(C)OC(C)C.CCOC(C)=O.CCOC=O.[CH-]=CC(=O)OCC.[H-].[Na+].[Na+].[OH-]. The maximum atomic E-state index is 10.0. The zero-order valence-electron chi connectivity index (χ0n) is 20.3. The fraction of sp³-hybridized carbons (Fsp3) is 0.722. The van der Waals surface area contributed by atoms with Gasteiger partial charge in [-0.25, -0.2) is 0 Å². The molecule has 28 heavy (non-hydrogen) atoms. The molecule has 0 heterocycles. The molecular weight excluding hydrogens is 390 g/mol. The second-order valence-corrected chi connectivity index (χ2v) is 4.63. The minimum absolute atomic E-state index is 0. The van der Waals surface area contributed by atoms with Crippen LogP contribution in [0.5, 0.6) is 0 Å². The number of ether oxygens (including phenoxy) is 4. The molecule has 0 rings (SSSR count). The molecule has 0 saturated carbocycles. The predicted octanol–water partition coefficient (Wildman–Crippen LogP) is -2.95. The molecule has 0 aromatic carbocycles. The summed E-state index contributed by atoms with van der Waals surface area (Å²) in [7, 11) is 0. The maximum absolute atomic E-state index is 10.0. The number of hydrogen-bond acceptors (Lipinski definition) is 8. The van der Waals surface area contributed by atoms with E-state index >= 15 is 0 Å². The molecule has 0 aromatic heterocycles. The summed E-state index contributed by atoms with van der Waals surface area (Å²) in [5.74, 6) is -0.681. The number of hydrogen-bond donors (Lipinski definition) is 0. The van der Waals surface area contributed by atoms with Crippen molar-refractivity contribution in [1.82, 2.24) is 0 Å². The largest absolute Gasteiger partial charge is 1.00 e. The van der Waals surface area contributed by atoms with E-state index in [0.717, 1.165) is 6.08 Å². The van der Waals surface area contributed by atoms with E-state index in [2.05, 4.69) is 14.2 Å². The van der Waals surface area contributed by atoms with Gasteiger partial charge in [-0.15, -0.1) is 0 Å². The zero-order chi connectivity index (χ0) is 20.7. The maximum Gasteiger partial charge on any atom is 1.00 e. The van der Waals surface area contributed by atoms with Crippen molar-refractivity contribution in [3.05, 3.63) is 12.7 Å². The van der Waals surface area contributed by atoms with Gasteiger partial charge in [-0.1, -0.05) is 0 Å². The van der Waals surface area contributed by atoms with Crippen molar-refractivity contribution in [2.45, 2.75) is 67.6 Å². The molecule has 0 fully saturated rings. The van der Waals surface area contributed by atoms with Crippen LogP contribution in [-0.2, 0) is 33.3 Å². The van der Waals surface area contributed by atoms with Gasteiger partial charge >= 0.3 is 65.1 Å². The van der Waals surface area contributed by atoms with E-state index in [1.165, 1.54) is 6.92 Å². The van der Waals surface area contributed by atoms with Crippen LogP contribution < -0.4 is 59.1 Å². The standard InChI is InChI=1S/C6H14O.C5H7O2.C4H8O2.C3H6O2.2Na.H2O.H/c1-5(2)7-6(3)4;1-3-5(6)7-4-2;1-3-6-4(2)5;1-2-5-3-4;;;;/h5-6H,1-4H3;1,3H,4H2,2H3;3H2,1-2H3;3H,2H2,1H3;;;1H2;/q;-1;;;2*+1;;-1/p-1. The smallest absolute Gasteiger partial charge is 1.00 e. The third kappa shape index (κ3) is 82.8. The Morgan fingerprint density at radius 3 is 1.36 bits per heavy atom. The van der Waals surface area contributed by atoms with Gasteiger partial charge in [-0.2, -0.15) is 6.08 Å². The van der Waals surface area contributed by atoms with Gasteiger partial charge in [0.05, 0.1) is 32.0 Å². The number of carbonyl (C=O) groups is 3. The average molecular weight is 427 g/mol. The van der Waals surface area contributed by atoms with Gasteiger partial charge in [0.1, 0.15) is 0 Å². The van der Waals surface area contributed by atoms with Crippen LogP contribution in [0.1, 0.15) is 56.8 Å². The quantitative estimate of drug-likeness (QED) is 0.106. The van der Waals surface area contributed by atoms with Crippen molar-refractivity contribution in [1.29, 1.82) is 0 Å². The Bertz CT molecular complexity index is 325. The van der Waals surface area contributed by atoms with Gasteiger partial charge < -0.3 is 30.6 Å². The number of rotatable bonds is 7. The molecule has 0 atom stereocenters. The molecule has 0 aliphatic rings. The Labute approximate surface area is 216 Å². The van der Waals surface area contributed by atoms with E-state index in [4.69, 9.17) is 11.3 Å². The predicted molar refractivity (Wildman–Crippen MR) is 99.9 cm³/mol. The first kappa shape index (κ1) is 46.3. The fourth-order valence-corrected chi connectivity index (χ4v) is 1.01. The van der Waals surface area contributed by atoms with Crippen molar-refractivity contribution in [3.63, 3.8) is 0 Å². The molecule has 0 saturated heterocycles. The van der Waals surface area contributed by atoms with E-state index in [-0.39, 0.29) is 72.0 Å².